The number of benzene rings is 1. The van der Waals surface area contributed by atoms with E-state index in [1.54, 1.807) is 10.9 Å². The lowest BCUT2D eigenvalue weighted by Crippen LogP contribution is -2.25. The minimum atomic E-state index is -0.612. The second kappa shape index (κ2) is 7.04. The average molecular weight is 323 g/mol. The second-order valence-corrected chi connectivity index (χ2v) is 5.22. The zero-order chi connectivity index (χ0) is 16.1. The molecule has 0 bridgehead atoms. The summed E-state index contributed by atoms with van der Waals surface area (Å²) in [5.74, 6) is -0.364. The molecule has 0 saturated carbocycles. The van der Waals surface area contributed by atoms with E-state index in [2.05, 4.69) is 10.4 Å². The monoisotopic (exact) mass is 322 g/mol. The number of nitro groups is 1. The van der Waals surface area contributed by atoms with Crippen LogP contribution in [0.3, 0.4) is 0 Å². The Morgan fingerprint density at radius 3 is 2.91 bits per heavy atom. The number of nitrogens with zero attached hydrogens (tertiary/aromatic N) is 3. The molecule has 1 aromatic carbocycles. The van der Waals surface area contributed by atoms with E-state index in [0.717, 1.165) is 5.56 Å². The van der Waals surface area contributed by atoms with Crippen LogP contribution in [0.2, 0.25) is 5.02 Å². The van der Waals surface area contributed by atoms with Gasteiger partial charge in [0, 0.05) is 30.9 Å². The Balaban J connectivity index is 1.87. The number of carbonyl (C=O) groups is 1. The maximum atomic E-state index is 11.9. The third kappa shape index (κ3) is 4.05. The molecule has 0 aliphatic carbocycles. The summed E-state index contributed by atoms with van der Waals surface area (Å²) >= 11 is 5.71. The topological polar surface area (TPSA) is 90.1 Å². The molecule has 1 amide bonds. The molecule has 0 aliphatic heterocycles. The lowest BCUT2D eigenvalue weighted by Gasteiger charge is -2.06. The van der Waals surface area contributed by atoms with Gasteiger partial charge in [0.1, 0.15) is 5.02 Å². The Kier molecular flexibility index (Phi) is 5.11. The summed E-state index contributed by atoms with van der Waals surface area (Å²) in [6.07, 6.45) is 4.40. The Bertz CT molecular complexity index is 699. The van der Waals surface area contributed by atoms with Gasteiger partial charge in [0.25, 0.3) is 11.6 Å². The van der Waals surface area contributed by atoms with Crippen LogP contribution in [0, 0.1) is 17.0 Å². The molecule has 0 radical (unpaired) electrons. The lowest BCUT2D eigenvalue weighted by molar-refractivity contribution is -0.384. The number of rotatable bonds is 6. The number of aromatic nitrogens is 2. The van der Waals surface area contributed by atoms with E-state index >= 15 is 0 Å². The van der Waals surface area contributed by atoms with Crippen LogP contribution in [0.5, 0.6) is 0 Å². The van der Waals surface area contributed by atoms with Gasteiger partial charge in [-0.15, -0.1) is 0 Å². The van der Waals surface area contributed by atoms with E-state index < -0.39 is 4.92 Å². The van der Waals surface area contributed by atoms with E-state index in [-0.39, 0.29) is 22.2 Å². The van der Waals surface area contributed by atoms with Gasteiger partial charge in [0.05, 0.1) is 11.1 Å². The SMILES string of the molecule is Cc1cnn(CCCNC(=O)c2ccc(Cl)c([N+](=O)[O-])c2)c1. The molecule has 2 rings (SSSR count). The molecule has 1 N–H and O–H groups in total. The quantitative estimate of drug-likeness (QED) is 0.503. The van der Waals surface area contributed by atoms with Crippen LogP contribution >= 0.6 is 11.6 Å². The number of hydrogen-bond acceptors (Lipinski definition) is 4. The molecule has 0 fully saturated rings. The molecule has 0 aliphatic rings. The summed E-state index contributed by atoms with van der Waals surface area (Å²) < 4.78 is 1.80. The van der Waals surface area contributed by atoms with Crippen LogP contribution in [-0.4, -0.2) is 27.2 Å². The molecule has 0 unspecified atom stereocenters. The molecule has 0 atom stereocenters. The fraction of sp³-hybridized carbons (Fsp3) is 0.286. The van der Waals surface area contributed by atoms with E-state index in [4.69, 9.17) is 11.6 Å². The molecule has 7 nitrogen and oxygen atoms in total. The smallest absolute Gasteiger partial charge is 0.288 e. The number of carbonyl (C=O) groups excluding carboxylic acids is 1. The number of nitrogens with one attached hydrogen (secondary N) is 1. The van der Waals surface area contributed by atoms with Gasteiger partial charge in [0.2, 0.25) is 0 Å². The highest BCUT2D eigenvalue weighted by Crippen LogP contribution is 2.24. The first-order valence-corrected chi connectivity index (χ1v) is 7.06. The van der Waals surface area contributed by atoms with Crippen molar-refractivity contribution in [3.63, 3.8) is 0 Å². The van der Waals surface area contributed by atoms with Gasteiger partial charge in [-0.05, 0) is 31.0 Å². The summed E-state index contributed by atoms with van der Waals surface area (Å²) in [6, 6.07) is 3.98. The van der Waals surface area contributed by atoms with Gasteiger partial charge in [-0.25, -0.2) is 0 Å². The number of hydrogen-bond donors (Lipinski definition) is 1. The highest BCUT2D eigenvalue weighted by Gasteiger charge is 2.15. The normalized spacial score (nSPS) is 10.5. The van der Waals surface area contributed by atoms with Gasteiger partial charge in [0.15, 0.2) is 0 Å². The molecule has 1 aromatic heterocycles. The first-order chi connectivity index (χ1) is 10.5. The standard InChI is InChI=1S/C14H15ClN4O3/c1-10-8-17-18(9-10)6-2-5-16-14(20)11-3-4-12(15)13(7-11)19(21)22/h3-4,7-9H,2,5-6H2,1H3,(H,16,20). The van der Waals surface area contributed by atoms with Crippen molar-refractivity contribution in [1.29, 1.82) is 0 Å². The number of halogens is 1. The van der Waals surface area contributed by atoms with Crippen LogP contribution in [0.15, 0.2) is 30.6 Å². The first-order valence-electron chi connectivity index (χ1n) is 6.68. The molecule has 2 aromatic rings. The van der Waals surface area contributed by atoms with Crippen molar-refractivity contribution in [2.24, 2.45) is 0 Å². The van der Waals surface area contributed by atoms with Gasteiger partial charge < -0.3 is 5.32 Å². The van der Waals surface area contributed by atoms with Crippen LogP contribution < -0.4 is 5.32 Å². The summed E-state index contributed by atoms with van der Waals surface area (Å²) in [6.45, 7) is 3.10. The lowest BCUT2D eigenvalue weighted by atomic mass is 10.2. The van der Waals surface area contributed by atoms with Crippen molar-refractivity contribution in [3.8, 4) is 0 Å². The zero-order valence-corrected chi connectivity index (χ0v) is 12.7. The molecule has 0 spiro atoms. The van der Waals surface area contributed by atoms with Crippen LogP contribution in [0.4, 0.5) is 5.69 Å². The zero-order valence-electron chi connectivity index (χ0n) is 12.0. The molecule has 0 saturated heterocycles. The average Bonchev–Trinajstić information content (AvgIpc) is 2.89. The van der Waals surface area contributed by atoms with Crippen LogP contribution in [0.1, 0.15) is 22.3 Å². The largest absolute Gasteiger partial charge is 0.352 e. The molecule has 1 heterocycles. The van der Waals surface area contributed by atoms with Crippen molar-refractivity contribution < 1.29 is 9.72 Å². The summed E-state index contributed by atoms with van der Waals surface area (Å²) in [5, 5.41) is 17.7. The maximum absolute atomic E-state index is 11.9. The Hall–Kier alpha value is -2.41. The van der Waals surface area contributed by atoms with E-state index in [9.17, 15) is 14.9 Å². The van der Waals surface area contributed by atoms with Gasteiger partial charge >= 0.3 is 0 Å². The molecule has 8 heteroatoms. The predicted octanol–water partition coefficient (Wildman–Crippen LogP) is 2.57. The summed E-state index contributed by atoms with van der Waals surface area (Å²) in [5.41, 5.74) is 1.02. The predicted molar refractivity (Wildman–Crippen MR) is 82.0 cm³/mol. The highest BCUT2D eigenvalue weighted by atomic mass is 35.5. The molecular weight excluding hydrogens is 308 g/mol. The Morgan fingerprint density at radius 1 is 1.50 bits per heavy atom. The van der Waals surface area contributed by atoms with Crippen molar-refractivity contribution in [2.75, 3.05) is 6.54 Å². The molecule has 22 heavy (non-hydrogen) atoms. The van der Waals surface area contributed by atoms with Crippen molar-refractivity contribution in [1.82, 2.24) is 15.1 Å². The summed E-state index contributed by atoms with van der Waals surface area (Å²) in [4.78, 5) is 22.1. The highest BCUT2D eigenvalue weighted by molar-refractivity contribution is 6.32. The van der Waals surface area contributed by atoms with E-state index in [1.807, 2.05) is 13.1 Å². The Labute approximate surface area is 132 Å². The number of amides is 1. The minimum Gasteiger partial charge on any atom is -0.352 e. The van der Waals surface area contributed by atoms with Gasteiger partial charge in [-0.2, -0.15) is 5.10 Å². The van der Waals surface area contributed by atoms with Crippen molar-refractivity contribution in [2.45, 2.75) is 19.9 Å². The van der Waals surface area contributed by atoms with Gasteiger partial charge in [-0.3, -0.25) is 19.6 Å². The third-order valence-electron chi connectivity index (χ3n) is 3.02. The van der Waals surface area contributed by atoms with E-state index in [1.165, 1.54) is 18.2 Å². The fourth-order valence-electron chi connectivity index (χ4n) is 1.93. The van der Waals surface area contributed by atoms with E-state index in [0.29, 0.717) is 19.5 Å². The van der Waals surface area contributed by atoms with Crippen LogP contribution in [0.25, 0.3) is 0 Å². The van der Waals surface area contributed by atoms with Crippen LogP contribution in [-0.2, 0) is 6.54 Å². The third-order valence-corrected chi connectivity index (χ3v) is 3.34. The van der Waals surface area contributed by atoms with Crippen molar-refractivity contribution >= 4 is 23.2 Å². The number of aryl methyl sites for hydroxylation is 2. The first kappa shape index (κ1) is 16.0. The second-order valence-electron chi connectivity index (χ2n) is 4.81. The maximum Gasteiger partial charge on any atom is 0.288 e. The molecular formula is C14H15ClN4O3. The minimum absolute atomic E-state index is 0.00982. The Morgan fingerprint density at radius 2 is 2.27 bits per heavy atom. The molecule has 116 valence electrons. The van der Waals surface area contributed by atoms with Gasteiger partial charge in [-0.1, -0.05) is 11.6 Å². The number of nitro benzene ring substituents is 1. The fourth-order valence-corrected chi connectivity index (χ4v) is 2.11. The van der Waals surface area contributed by atoms with Crippen molar-refractivity contribution in [3.05, 3.63) is 56.9 Å². The summed E-state index contributed by atoms with van der Waals surface area (Å²) in [7, 11) is 0.